The number of hydrogen-bond donors (Lipinski definition) is 2. The Kier molecular flexibility index (Phi) is 4.92. The molecule has 31 heavy (non-hydrogen) atoms. The topological polar surface area (TPSA) is 116 Å². The van der Waals surface area contributed by atoms with Crippen LogP contribution in [0, 0.1) is 11.6 Å². The van der Waals surface area contributed by atoms with Crippen LogP contribution in [-0.4, -0.2) is 27.1 Å². The lowest BCUT2D eigenvalue weighted by Crippen LogP contribution is -2.45. The summed E-state index contributed by atoms with van der Waals surface area (Å²) in [5.41, 5.74) is 5.27. The average molecular weight is 428 g/mol. The molecule has 1 fully saturated rings. The number of carbonyl (C=O) groups is 3. The Morgan fingerprint density at radius 2 is 1.90 bits per heavy atom. The second-order valence-corrected chi connectivity index (χ2v) is 7.40. The van der Waals surface area contributed by atoms with Crippen molar-refractivity contribution in [3.63, 3.8) is 0 Å². The largest absolute Gasteiger partial charge is 0.366 e. The fourth-order valence-electron chi connectivity index (χ4n) is 3.97. The molecule has 8 nitrogen and oxygen atoms in total. The Balaban J connectivity index is 2.01. The van der Waals surface area contributed by atoms with Gasteiger partial charge in [-0.15, -0.1) is 0 Å². The van der Waals surface area contributed by atoms with Crippen LogP contribution in [0.1, 0.15) is 47.8 Å². The minimum Gasteiger partial charge on any atom is -0.366 e. The lowest BCUT2D eigenvalue weighted by molar-refractivity contribution is -0.136. The predicted octanol–water partition coefficient (Wildman–Crippen LogP) is 1.77. The molecule has 4 rings (SSSR count). The second kappa shape index (κ2) is 7.46. The number of primary amides is 1. The number of halogens is 2. The quantitative estimate of drug-likeness (QED) is 0.616. The fraction of sp³-hybridized carbons (Fsp3) is 0.238. The number of nitrogens with zero attached hydrogens (tertiary/aromatic N) is 2. The van der Waals surface area contributed by atoms with Crippen molar-refractivity contribution in [1.29, 1.82) is 0 Å². The van der Waals surface area contributed by atoms with Gasteiger partial charge in [0.15, 0.2) is 0 Å². The monoisotopic (exact) mass is 428 g/mol. The van der Waals surface area contributed by atoms with Crippen molar-refractivity contribution in [3.05, 3.63) is 69.5 Å². The van der Waals surface area contributed by atoms with Crippen molar-refractivity contribution in [2.45, 2.75) is 31.8 Å². The van der Waals surface area contributed by atoms with E-state index in [1.54, 1.807) is 6.92 Å². The lowest BCUT2D eigenvalue weighted by atomic mass is 10.1. The highest BCUT2D eigenvalue weighted by molar-refractivity contribution is 6.00. The molecule has 1 unspecified atom stereocenters. The van der Waals surface area contributed by atoms with Gasteiger partial charge in [0.05, 0.1) is 16.9 Å². The highest BCUT2D eigenvalue weighted by atomic mass is 19.1. The van der Waals surface area contributed by atoms with E-state index in [1.165, 1.54) is 28.9 Å². The van der Waals surface area contributed by atoms with Gasteiger partial charge in [-0.1, -0.05) is 6.07 Å². The van der Waals surface area contributed by atoms with Crippen molar-refractivity contribution < 1.29 is 23.2 Å². The van der Waals surface area contributed by atoms with Gasteiger partial charge in [0.2, 0.25) is 11.8 Å². The molecule has 0 saturated carbocycles. The standard InChI is InChI=1S/C21H18F2N4O4/c1-10(13-5-3-12(22)9-15(13)23)26-17-8-11(19(24)29)2-4-14(17)21(31)27(26)16-6-7-18(28)25-20(16)30/h2-5,8-10,16H,6-7H2,1H3,(H2,24,29)(H,25,28,30)/t10-,16?/m0/s1. The summed E-state index contributed by atoms with van der Waals surface area (Å²) in [6.07, 6.45) is 0.0956. The maximum Gasteiger partial charge on any atom is 0.275 e. The van der Waals surface area contributed by atoms with Crippen LogP contribution in [0.25, 0.3) is 10.9 Å². The highest BCUT2D eigenvalue weighted by Gasteiger charge is 2.33. The third kappa shape index (κ3) is 3.39. The van der Waals surface area contributed by atoms with Crippen molar-refractivity contribution in [2.75, 3.05) is 0 Å². The molecule has 2 heterocycles. The first kappa shape index (κ1) is 20.5. The van der Waals surface area contributed by atoms with E-state index < -0.39 is 47.0 Å². The Morgan fingerprint density at radius 3 is 2.55 bits per heavy atom. The molecule has 1 aliphatic heterocycles. The van der Waals surface area contributed by atoms with Gasteiger partial charge in [0.1, 0.15) is 17.7 Å². The third-order valence-electron chi connectivity index (χ3n) is 5.48. The molecule has 3 aromatic rings. The number of benzene rings is 2. The number of rotatable bonds is 4. The van der Waals surface area contributed by atoms with Crippen LogP contribution in [0.15, 0.2) is 41.2 Å². The van der Waals surface area contributed by atoms with Crippen molar-refractivity contribution in [3.8, 4) is 0 Å². The number of piperidine rings is 1. The van der Waals surface area contributed by atoms with Gasteiger partial charge in [0, 0.05) is 23.6 Å². The predicted molar refractivity (Wildman–Crippen MR) is 106 cm³/mol. The zero-order valence-corrected chi connectivity index (χ0v) is 16.4. The van der Waals surface area contributed by atoms with Crippen molar-refractivity contribution in [2.24, 2.45) is 5.73 Å². The van der Waals surface area contributed by atoms with Crippen molar-refractivity contribution >= 4 is 28.6 Å². The molecule has 1 aromatic heterocycles. The summed E-state index contributed by atoms with van der Waals surface area (Å²) in [7, 11) is 0. The summed E-state index contributed by atoms with van der Waals surface area (Å²) in [6, 6.07) is 5.35. The molecule has 2 atom stereocenters. The summed E-state index contributed by atoms with van der Waals surface area (Å²) in [6.45, 7) is 1.58. The number of nitrogens with one attached hydrogen (secondary N) is 1. The van der Waals surface area contributed by atoms with Gasteiger partial charge in [-0.05, 0) is 37.6 Å². The van der Waals surface area contributed by atoms with E-state index in [0.29, 0.717) is 0 Å². The minimum absolute atomic E-state index is 0.0240. The summed E-state index contributed by atoms with van der Waals surface area (Å²) in [5.74, 6) is -3.43. The molecule has 1 aliphatic rings. The number of carbonyl (C=O) groups excluding carboxylic acids is 3. The van der Waals surface area contributed by atoms with Gasteiger partial charge < -0.3 is 5.73 Å². The van der Waals surface area contributed by atoms with Gasteiger partial charge in [-0.25, -0.2) is 13.5 Å². The molecular weight excluding hydrogens is 410 g/mol. The SMILES string of the molecule is C[C@@H](c1ccc(F)cc1F)n1c2cc(C(N)=O)ccc2c(=O)n1C1CCC(=O)NC1=O. The van der Waals surface area contributed by atoms with Crippen LogP contribution in [0.2, 0.25) is 0 Å². The highest BCUT2D eigenvalue weighted by Crippen LogP contribution is 2.29. The van der Waals surface area contributed by atoms with Gasteiger partial charge in [-0.3, -0.25) is 29.2 Å². The molecule has 0 aliphatic carbocycles. The number of nitrogens with two attached hydrogens (primary N) is 1. The fourth-order valence-corrected chi connectivity index (χ4v) is 3.97. The minimum atomic E-state index is -1.03. The van der Waals surface area contributed by atoms with Crippen LogP contribution >= 0.6 is 0 Å². The van der Waals surface area contributed by atoms with E-state index in [9.17, 15) is 28.0 Å². The molecule has 3 amide bonds. The van der Waals surface area contributed by atoms with E-state index in [2.05, 4.69) is 5.32 Å². The lowest BCUT2D eigenvalue weighted by Gasteiger charge is -2.27. The molecule has 10 heteroatoms. The van der Waals surface area contributed by atoms with Gasteiger partial charge in [-0.2, -0.15) is 0 Å². The van der Waals surface area contributed by atoms with Gasteiger partial charge >= 0.3 is 0 Å². The molecule has 160 valence electrons. The van der Waals surface area contributed by atoms with E-state index in [-0.39, 0.29) is 34.9 Å². The van der Waals surface area contributed by atoms with Crippen LogP contribution < -0.4 is 16.6 Å². The Labute approximate surface area is 174 Å². The normalized spacial score (nSPS) is 17.6. The number of aromatic nitrogens is 2. The molecule has 3 N–H and O–H groups in total. The average Bonchev–Trinajstić information content (AvgIpc) is 2.99. The summed E-state index contributed by atoms with van der Waals surface area (Å²) >= 11 is 0. The Morgan fingerprint density at radius 1 is 1.16 bits per heavy atom. The van der Waals surface area contributed by atoms with Crippen molar-refractivity contribution in [1.82, 2.24) is 14.7 Å². The summed E-state index contributed by atoms with van der Waals surface area (Å²) in [4.78, 5) is 49.0. The van der Waals surface area contributed by atoms with Crippen LogP contribution in [0.3, 0.4) is 0 Å². The van der Waals surface area contributed by atoms with E-state index in [0.717, 1.165) is 16.8 Å². The van der Waals surface area contributed by atoms with Crippen LogP contribution in [0.4, 0.5) is 8.78 Å². The number of amides is 3. The van der Waals surface area contributed by atoms with Crippen LogP contribution in [-0.2, 0) is 9.59 Å². The zero-order chi connectivity index (χ0) is 22.4. The van der Waals surface area contributed by atoms with Crippen LogP contribution in [0.5, 0.6) is 0 Å². The second-order valence-electron chi connectivity index (χ2n) is 7.40. The maximum absolute atomic E-state index is 14.6. The molecule has 0 bridgehead atoms. The summed E-state index contributed by atoms with van der Waals surface area (Å²) < 4.78 is 30.5. The summed E-state index contributed by atoms with van der Waals surface area (Å²) in [5, 5.41) is 2.39. The van der Waals surface area contributed by atoms with E-state index in [1.807, 2.05) is 0 Å². The maximum atomic E-state index is 14.6. The van der Waals surface area contributed by atoms with E-state index >= 15 is 0 Å². The first-order valence-electron chi connectivity index (χ1n) is 9.54. The first-order valence-corrected chi connectivity index (χ1v) is 9.54. The molecule has 2 aromatic carbocycles. The molecule has 0 radical (unpaired) electrons. The molecule has 1 saturated heterocycles. The smallest absolute Gasteiger partial charge is 0.275 e. The number of imide groups is 1. The van der Waals surface area contributed by atoms with Gasteiger partial charge in [0.25, 0.3) is 11.5 Å². The zero-order valence-electron chi connectivity index (χ0n) is 16.4. The third-order valence-corrected chi connectivity index (χ3v) is 5.48. The van der Waals surface area contributed by atoms with E-state index in [4.69, 9.17) is 5.73 Å². The number of fused-ring (bicyclic) bond motifs is 1. The first-order chi connectivity index (χ1) is 14.7. The Hall–Kier alpha value is -3.82. The Bertz CT molecular complexity index is 1310. The number of hydrogen-bond acceptors (Lipinski definition) is 4. The molecular formula is C21H18F2N4O4. The molecule has 0 spiro atoms.